The van der Waals surface area contributed by atoms with Gasteiger partial charge in [-0.15, -0.1) is 0 Å². The Morgan fingerprint density at radius 3 is 2.26 bits per heavy atom. The molecule has 0 aliphatic carbocycles. The monoisotopic (exact) mass is 571 g/mol. The van der Waals surface area contributed by atoms with Gasteiger partial charge in [0.15, 0.2) is 0 Å². The van der Waals surface area contributed by atoms with E-state index in [1.165, 1.54) is 16.5 Å². The largest absolute Gasteiger partial charge is 0.392 e. The molecule has 42 heavy (non-hydrogen) atoms. The molecule has 0 bridgehead atoms. The van der Waals surface area contributed by atoms with Crippen LogP contribution in [0.25, 0.3) is 21.8 Å². The zero-order valence-corrected chi connectivity index (χ0v) is 24.1. The van der Waals surface area contributed by atoms with E-state index >= 15 is 0 Å². The van der Waals surface area contributed by atoms with Gasteiger partial charge in [0, 0.05) is 51.9 Å². The minimum absolute atomic E-state index is 0.0241. The molecule has 6 aromatic rings. The fourth-order valence-electron chi connectivity index (χ4n) is 5.99. The van der Waals surface area contributed by atoms with Crippen molar-refractivity contribution in [3.05, 3.63) is 120 Å². The van der Waals surface area contributed by atoms with Gasteiger partial charge in [0.1, 0.15) is 5.82 Å². The zero-order chi connectivity index (χ0) is 28.3. The number of H-pyrrole nitrogens is 1. The van der Waals surface area contributed by atoms with Gasteiger partial charge < -0.3 is 20.3 Å². The Bertz CT molecular complexity index is 1840. The number of fused-ring (bicyclic) bond motifs is 2. The van der Waals surface area contributed by atoms with Gasteiger partial charge in [0.05, 0.1) is 12.1 Å². The van der Waals surface area contributed by atoms with Crippen molar-refractivity contribution in [3.8, 4) is 0 Å². The number of piperidine rings is 1. The number of rotatable bonds is 8. The maximum atomic E-state index is 9.79. The molecule has 1 fully saturated rings. The molecule has 210 valence electrons. The molecule has 3 N–H and O–H groups in total. The number of aromatic amines is 1. The minimum atomic E-state index is 0.0241. The van der Waals surface area contributed by atoms with Gasteiger partial charge in [-0.25, -0.2) is 4.98 Å². The van der Waals surface area contributed by atoms with Crippen LogP contribution in [0.15, 0.2) is 113 Å². The summed E-state index contributed by atoms with van der Waals surface area (Å²) in [5.74, 6) is 2.17. The summed E-state index contributed by atoms with van der Waals surface area (Å²) >= 11 is 1.68. The van der Waals surface area contributed by atoms with Crippen LogP contribution >= 0.6 is 11.8 Å². The highest BCUT2D eigenvalue weighted by Crippen LogP contribution is 2.36. The van der Waals surface area contributed by atoms with Gasteiger partial charge in [-0.3, -0.25) is 0 Å². The quantitative estimate of drug-likeness (QED) is 0.173. The lowest BCUT2D eigenvalue weighted by molar-refractivity contribution is 0.279. The van der Waals surface area contributed by atoms with Gasteiger partial charge in [0.25, 0.3) is 0 Å². The van der Waals surface area contributed by atoms with Crippen LogP contribution < -0.4 is 10.2 Å². The van der Waals surface area contributed by atoms with Crippen LogP contribution in [-0.4, -0.2) is 33.1 Å². The molecule has 3 heterocycles. The fraction of sp³-hybridized carbons (Fsp3) is 0.200. The summed E-state index contributed by atoms with van der Waals surface area (Å²) in [4.78, 5) is 18.0. The first kappa shape index (κ1) is 26.6. The second-order valence-corrected chi connectivity index (χ2v) is 11.9. The number of aliphatic hydroxyl groups excluding tert-OH is 1. The summed E-state index contributed by atoms with van der Waals surface area (Å²) in [7, 11) is 0. The van der Waals surface area contributed by atoms with Crippen molar-refractivity contribution in [1.29, 1.82) is 0 Å². The van der Waals surface area contributed by atoms with Gasteiger partial charge >= 0.3 is 0 Å². The van der Waals surface area contributed by atoms with Gasteiger partial charge in [-0.2, -0.15) is 4.98 Å². The molecule has 7 heteroatoms. The summed E-state index contributed by atoms with van der Waals surface area (Å²) in [6, 6.07) is 33.3. The number of nitrogens with zero attached hydrogens (tertiary/aromatic N) is 3. The first-order chi connectivity index (χ1) is 20.8. The van der Waals surface area contributed by atoms with Crippen molar-refractivity contribution in [2.24, 2.45) is 0 Å². The number of hydrogen-bond donors (Lipinski definition) is 3. The predicted molar refractivity (Wildman–Crippen MR) is 172 cm³/mol. The Hall–Kier alpha value is -4.33. The first-order valence-corrected chi connectivity index (χ1v) is 15.3. The summed E-state index contributed by atoms with van der Waals surface area (Å²) in [6.45, 7) is 2.53. The van der Waals surface area contributed by atoms with E-state index in [-0.39, 0.29) is 6.61 Å². The highest BCUT2D eigenvalue weighted by Gasteiger charge is 2.25. The van der Waals surface area contributed by atoms with E-state index in [1.807, 2.05) is 24.3 Å². The minimum Gasteiger partial charge on any atom is -0.392 e. The van der Waals surface area contributed by atoms with E-state index in [0.717, 1.165) is 63.6 Å². The Balaban J connectivity index is 1.11. The standard InChI is InChI=1S/C35H33N5OS/c41-23-26-10-2-8-16-33(26)42-32-15-7-1-9-25(32)21-37-35-38-31-14-6-4-12-28(31)34(39-35)40-19-17-24(18-20-40)29-22-36-30-13-5-3-11-27(29)30/h1-16,22,24,36,41H,17-21,23H2,(H,37,38,39). The van der Waals surface area contributed by atoms with Crippen molar-refractivity contribution in [2.75, 3.05) is 23.3 Å². The SMILES string of the molecule is OCc1ccccc1Sc1ccccc1CNc1nc(N2CCC(c3c[nH]c4ccccc34)CC2)c2ccccc2n1. The van der Waals surface area contributed by atoms with Crippen LogP contribution in [0.4, 0.5) is 11.8 Å². The number of aromatic nitrogens is 3. The lowest BCUT2D eigenvalue weighted by atomic mass is 9.89. The summed E-state index contributed by atoms with van der Waals surface area (Å²) in [5.41, 5.74) is 5.68. The van der Waals surface area contributed by atoms with Gasteiger partial charge in [-0.05, 0) is 65.8 Å². The lowest BCUT2D eigenvalue weighted by Gasteiger charge is -2.33. The topological polar surface area (TPSA) is 77.1 Å². The second kappa shape index (κ2) is 11.9. The molecular weight excluding hydrogens is 538 g/mol. The van der Waals surface area contributed by atoms with Crippen LogP contribution in [0, 0.1) is 0 Å². The van der Waals surface area contributed by atoms with Crippen LogP contribution in [0.1, 0.15) is 35.4 Å². The number of aliphatic hydroxyl groups is 1. The van der Waals surface area contributed by atoms with Crippen LogP contribution in [0.3, 0.4) is 0 Å². The molecule has 0 radical (unpaired) electrons. The molecule has 0 saturated carbocycles. The highest BCUT2D eigenvalue weighted by molar-refractivity contribution is 7.99. The average molecular weight is 572 g/mol. The number of hydrogen-bond acceptors (Lipinski definition) is 6. The molecule has 1 aliphatic rings. The van der Waals surface area contributed by atoms with Crippen molar-refractivity contribution < 1.29 is 5.11 Å². The van der Waals surface area contributed by atoms with Crippen molar-refractivity contribution in [1.82, 2.24) is 15.0 Å². The molecule has 0 unspecified atom stereocenters. The summed E-state index contributed by atoms with van der Waals surface area (Å²) in [5, 5.41) is 15.7. The first-order valence-electron chi connectivity index (χ1n) is 14.5. The molecule has 2 aromatic heterocycles. The third-order valence-electron chi connectivity index (χ3n) is 8.21. The van der Waals surface area contributed by atoms with Crippen molar-refractivity contribution >= 4 is 45.3 Å². The molecule has 1 aliphatic heterocycles. The predicted octanol–water partition coefficient (Wildman–Crippen LogP) is 7.75. The molecule has 6 nitrogen and oxygen atoms in total. The van der Waals surface area contributed by atoms with Crippen molar-refractivity contribution in [2.45, 2.75) is 41.7 Å². The van der Waals surface area contributed by atoms with Crippen LogP contribution in [0.2, 0.25) is 0 Å². The third-order valence-corrected chi connectivity index (χ3v) is 9.45. The second-order valence-electron chi connectivity index (χ2n) is 10.8. The molecule has 7 rings (SSSR count). The van der Waals surface area contributed by atoms with Crippen LogP contribution in [-0.2, 0) is 13.2 Å². The van der Waals surface area contributed by atoms with E-state index in [4.69, 9.17) is 9.97 Å². The Morgan fingerprint density at radius 2 is 1.45 bits per heavy atom. The number of anilines is 2. The number of nitrogens with one attached hydrogen (secondary N) is 2. The van der Waals surface area contributed by atoms with Gasteiger partial charge in [0.2, 0.25) is 5.95 Å². The molecule has 4 aromatic carbocycles. The summed E-state index contributed by atoms with van der Waals surface area (Å²) < 4.78 is 0. The molecular formula is C35H33N5OS. The Labute approximate surface area is 249 Å². The van der Waals surface area contributed by atoms with Gasteiger partial charge in [-0.1, -0.05) is 78.5 Å². The third kappa shape index (κ3) is 5.33. The van der Waals surface area contributed by atoms with E-state index in [2.05, 4.69) is 94.2 Å². The van der Waals surface area contributed by atoms with Crippen LogP contribution in [0.5, 0.6) is 0 Å². The number of benzene rings is 4. The maximum absolute atomic E-state index is 9.79. The highest BCUT2D eigenvalue weighted by atomic mass is 32.2. The van der Waals surface area contributed by atoms with E-state index in [9.17, 15) is 5.11 Å². The lowest BCUT2D eigenvalue weighted by Crippen LogP contribution is -2.33. The van der Waals surface area contributed by atoms with E-state index in [0.29, 0.717) is 18.4 Å². The zero-order valence-electron chi connectivity index (χ0n) is 23.3. The molecule has 0 spiro atoms. The molecule has 0 atom stereocenters. The Kier molecular flexibility index (Phi) is 7.51. The fourth-order valence-corrected chi connectivity index (χ4v) is 7.06. The maximum Gasteiger partial charge on any atom is 0.225 e. The molecule has 0 amide bonds. The normalized spacial score (nSPS) is 14.1. The number of para-hydroxylation sites is 2. The van der Waals surface area contributed by atoms with E-state index < -0.39 is 0 Å². The summed E-state index contributed by atoms with van der Waals surface area (Å²) in [6.07, 6.45) is 4.37. The Morgan fingerprint density at radius 1 is 0.786 bits per heavy atom. The van der Waals surface area contributed by atoms with Crippen molar-refractivity contribution in [3.63, 3.8) is 0 Å². The average Bonchev–Trinajstić information content (AvgIpc) is 3.49. The van der Waals surface area contributed by atoms with E-state index in [1.54, 1.807) is 11.8 Å². The molecule has 1 saturated heterocycles. The smallest absolute Gasteiger partial charge is 0.225 e.